The molecule has 0 saturated heterocycles. The highest BCUT2D eigenvalue weighted by Gasteiger charge is 2.13. The Balaban J connectivity index is 2.43. The summed E-state index contributed by atoms with van der Waals surface area (Å²) in [4.78, 5) is 21.8. The Morgan fingerprint density at radius 1 is 1.50 bits per heavy atom. The molecule has 0 unspecified atom stereocenters. The van der Waals surface area contributed by atoms with Crippen molar-refractivity contribution in [3.8, 4) is 0 Å². The number of nitrogens with zero attached hydrogens (tertiary/aromatic N) is 2. The van der Waals surface area contributed by atoms with E-state index in [0.29, 0.717) is 17.6 Å². The number of nitrogens with one attached hydrogen (secondary N) is 1. The average molecular weight is 251 g/mol. The summed E-state index contributed by atoms with van der Waals surface area (Å²) in [7, 11) is 1.82. The Morgan fingerprint density at radius 2 is 2.28 bits per heavy atom. The fraction of sp³-hybridized carbons (Fsp3) is 0.364. The summed E-state index contributed by atoms with van der Waals surface area (Å²) < 4.78 is 6.45. The molecule has 0 saturated carbocycles. The van der Waals surface area contributed by atoms with Gasteiger partial charge in [-0.05, 0) is 26.1 Å². The lowest BCUT2D eigenvalue weighted by Crippen LogP contribution is -2.17. The summed E-state index contributed by atoms with van der Waals surface area (Å²) in [5.41, 5.74) is 0.783. The molecule has 0 amide bonds. The topological polar surface area (TPSA) is 90.3 Å². The van der Waals surface area contributed by atoms with Crippen molar-refractivity contribution in [2.24, 2.45) is 0 Å². The molecule has 0 bridgehead atoms. The molecule has 0 spiro atoms. The van der Waals surface area contributed by atoms with Gasteiger partial charge in [-0.2, -0.15) is 0 Å². The second-order valence-electron chi connectivity index (χ2n) is 3.89. The predicted octanol–water partition coefficient (Wildman–Crippen LogP) is 1.11. The van der Waals surface area contributed by atoms with Crippen molar-refractivity contribution in [2.75, 3.05) is 13.6 Å². The maximum atomic E-state index is 11.6. The third kappa shape index (κ3) is 2.25. The van der Waals surface area contributed by atoms with Gasteiger partial charge in [0.2, 0.25) is 0 Å². The monoisotopic (exact) mass is 251 g/mol. The van der Waals surface area contributed by atoms with E-state index in [1.807, 2.05) is 7.05 Å². The highest BCUT2D eigenvalue weighted by Crippen LogP contribution is 2.20. The molecule has 0 aliphatic carbocycles. The molecule has 7 heteroatoms. The third-order valence-corrected chi connectivity index (χ3v) is 2.67. The predicted molar refractivity (Wildman–Crippen MR) is 65.7 cm³/mol. The van der Waals surface area contributed by atoms with Crippen LogP contribution in [-0.2, 0) is 6.54 Å². The van der Waals surface area contributed by atoms with Gasteiger partial charge in [0, 0.05) is 18.7 Å². The molecular formula is C11H13N3O4. The summed E-state index contributed by atoms with van der Waals surface area (Å²) in [6.07, 6.45) is 0.744. The zero-order valence-corrected chi connectivity index (χ0v) is 9.88. The van der Waals surface area contributed by atoms with Crippen LogP contribution in [0.25, 0.3) is 11.1 Å². The van der Waals surface area contributed by atoms with E-state index in [2.05, 4.69) is 5.32 Å². The quantitative estimate of drug-likeness (QED) is 0.488. The van der Waals surface area contributed by atoms with Crippen LogP contribution < -0.4 is 11.1 Å². The zero-order valence-electron chi connectivity index (χ0n) is 9.88. The second kappa shape index (κ2) is 5.01. The largest absolute Gasteiger partial charge is 0.419 e. The SMILES string of the molecule is CNCCCn1c(=O)oc2ccc([N+](=O)[O-])cc21. The van der Waals surface area contributed by atoms with Crippen LogP contribution in [0, 0.1) is 10.1 Å². The lowest BCUT2D eigenvalue weighted by Gasteiger charge is -2.01. The molecule has 0 aliphatic heterocycles. The van der Waals surface area contributed by atoms with Gasteiger partial charge in [0.15, 0.2) is 5.58 Å². The van der Waals surface area contributed by atoms with E-state index in [4.69, 9.17) is 4.42 Å². The summed E-state index contributed by atoms with van der Waals surface area (Å²) in [6.45, 7) is 1.22. The van der Waals surface area contributed by atoms with Gasteiger partial charge in [-0.25, -0.2) is 4.79 Å². The van der Waals surface area contributed by atoms with E-state index in [0.717, 1.165) is 13.0 Å². The minimum absolute atomic E-state index is 0.0503. The summed E-state index contributed by atoms with van der Waals surface area (Å²) in [6, 6.07) is 4.13. The van der Waals surface area contributed by atoms with Crippen LogP contribution >= 0.6 is 0 Å². The minimum Gasteiger partial charge on any atom is -0.408 e. The normalized spacial score (nSPS) is 10.9. The van der Waals surface area contributed by atoms with Crippen LogP contribution in [0.3, 0.4) is 0 Å². The summed E-state index contributed by atoms with van der Waals surface area (Å²) in [5.74, 6) is -0.485. The number of hydrogen-bond donors (Lipinski definition) is 1. The lowest BCUT2D eigenvalue weighted by atomic mass is 10.3. The van der Waals surface area contributed by atoms with Gasteiger partial charge < -0.3 is 9.73 Å². The van der Waals surface area contributed by atoms with E-state index in [9.17, 15) is 14.9 Å². The molecule has 1 aromatic carbocycles. The van der Waals surface area contributed by atoms with Crippen molar-refractivity contribution in [2.45, 2.75) is 13.0 Å². The first-order valence-corrected chi connectivity index (χ1v) is 5.56. The van der Waals surface area contributed by atoms with Crippen molar-refractivity contribution in [1.29, 1.82) is 0 Å². The molecule has 96 valence electrons. The first-order chi connectivity index (χ1) is 8.63. The Hall–Kier alpha value is -2.15. The number of non-ortho nitro benzene ring substituents is 1. The Bertz CT molecular complexity index is 629. The van der Waals surface area contributed by atoms with Crippen molar-refractivity contribution < 1.29 is 9.34 Å². The standard InChI is InChI=1S/C11H13N3O4/c1-12-5-2-6-13-9-7-8(14(16)17)3-4-10(9)18-11(13)15/h3-4,7,12H,2,5-6H2,1H3. The number of aromatic nitrogens is 1. The summed E-state index contributed by atoms with van der Waals surface area (Å²) >= 11 is 0. The van der Waals surface area contributed by atoms with E-state index >= 15 is 0 Å². The van der Waals surface area contributed by atoms with Crippen LogP contribution in [0.1, 0.15) is 6.42 Å². The minimum atomic E-state index is -0.491. The van der Waals surface area contributed by atoms with Gasteiger partial charge in [0.25, 0.3) is 5.69 Å². The molecule has 1 heterocycles. The van der Waals surface area contributed by atoms with E-state index in [1.165, 1.54) is 22.8 Å². The van der Waals surface area contributed by atoms with Gasteiger partial charge in [-0.15, -0.1) is 0 Å². The second-order valence-corrected chi connectivity index (χ2v) is 3.89. The Kier molecular flexibility index (Phi) is 3.42. The fourth-order valence-corrected chi connectivity index (χ4v) is 1.79. The van der Waals surface area contributed by atoms with Crippen molar-refractivity contribution in [3.63, 3.8) is 0 Å². The maximum Gasteiger partial charge on any atom is 0.419 e. The molecule has 0 fully saturated rings. The van der Waals surface area contributed by atoms with Gasteiger partial charge in [0.05, 0.1) is 10.4 Å². The first-order valence-electron chi connectivity index (χ1n) is 5.56. The number of rotatable bonds is 5. The lowest BCUT2D eigenvalue weighted by molar-refractivity contribution is -0.384. The highest BCUT2D eigenvalue weighted by atomic mass is 16.6. The Morgan fingerprint density at radius 3 is 2.94 bits per heavy atom. The van der Waals surface area contributed by atoms with Crippen LogP contribution in [0.2, 0.25) is 0 Å². The highest BCUT2D eigenvalue weighted by molar-refractivity contribution is 5.75. The number of hydrogen-bond acceptors (Lipinski definition) is 5. The van der Waals surface area contributed by atoms with E-state index in [-0.39, 0.29) is 5.69 Å². The van der Waals surface area contributed by atoms with Gasteiger partial charge in [-0.1, -0.05) is 0 Å². The van der Waals surface area contributed by atoms with Crippen LogP contribution in [-0.4, -0.2) is 23.1 Å². The van der Waals surface area contributed by atoms with Gasteiger partial charge >= 0.3 is 5.76 Å². The number of benzene rings is 1. The molecular weight excluding hydrogens is 238 g/mol. The van der Waals surface area contributed by atoms with Gasteiger partial charge in [0.1, 0.15) is 0 Å². The molecule has 18 heavy (non-hydrogen) atoms. The van der Waals surface area contributed by atoms with Crippen molar-refractivity contribution >= 4 is 16.8 Å². The molecule has 7 nitrogen and oxygen atoms in total. The zero-order chi connectivity index (χ0) is 13.1. The van der Waals surface area contributed by atoms with E-state index < -0.39 is 10.7 Å². The average Bonchev–Trinajstić information content (AvgIpc) is 2.65. The maximum absolute atomic E-state index is 11.6. The smallest absolute Gasteiger partial charge is 0.408 e. The fourth-order valence-electron chi connectivity index (χ4n) is 1.79. The molecule has 2 aromatic rings. The Labute approximate surface area is 102 Å². The molecule has 1 N–H and O–H groups in total. The molecule has 0 atom stereocenters. The molecule has 0 radical (unpaired) electrons. The molecule has 1 aromatic heterocycles. The number of nitro benzene ring substituents is 1. The first kappa shape index (κ1) is 12.3. The van der Waals surface area contributed by atoms with Crippen molar-refractivity contribution in [3.05, 3.63) is 38.9 Å². The van der Waals surface area contributed by atoms with E-state index in [1.54, 1.807) is 0 Å². The number of oxazole rings is 1. The number of nitro groups is 1. The third-order valence-electron chi connectivity index (χ3n) is 2.67. The van der Waals surface area contributed by atoms with Crippen LogP contribution in [0.15, 0.2) is 27.4 Å². The van der Waals surface area contributed by atoms with Crippen LogP contribution in [0.4, 0.5) is 5.69 Å². The summed E-state index contributed by atoms with van der Waals surface area (Å²) in [5, 5.41) is 13.7. The van der Waals surface area contributed by atoms with Crippen LogP contribution in [0.5, 0.6) is 0 Å². The molecule has 0 aliphatic rings. The molecule has 2 rings (SSSR count). The van der Waals surface area contributed by atoms with Gasteiger partial charge in [-0.3, -0.25) is 14.7 Å². The number of aryl methyl sites for hydroxylation is 1. The number of fused-ring (bicyclic) bond motifs is 1. The van der Waals surface area contributed by atoms with Crippen molar-refractivity contribution in [1.82, 2.24) is 9.88 Å².